The maximum Gasteiger partial charge on any atom is 0.329 e. The van der Waals surface area contributed by atoms with Gasteiger partial charge in [0.2, 0.25) is 0 Å². The summed E-state index contributed by atoms with van der Waals surface area (Å²) in [6, 6.07) is 17.9. The van der Waals surface area contributed by atoms with Gasteiger partial charge < -0.3 is 14.8 Å². The Kier molecular flexibility index (Phi) is 7.93. The number of hydrogen-bond acceptors (Lipinski definition) is 5. The first kappa shape index (κ1) is 23.0. The van der Waals surface area contributed by atoms with Crippen molar-refractivity contribution in [3.05, 3.63) is 88.1 Å². The number of nitrogens with one attached hydrogen (secondary N) is 2. The summed E-state index contributed by atoms with van der Waals surface area (Å²) < 4.78 is 25.1. The normalized spacial score (nSPS) is 10.6. The van der Waals surface area contributed by atoms with E-state index in [0.29, 0.717) is 29.4 Å². The van der Waals surface area contributed by atoms with E-state index in [1.165, 1.54) is 37.6 Å². The van der Waals surface area contributed by atoms with Crippen LogP contribution in [-0.2, 0) is 16.2 Å². The van der Waals surface area contributed by atoms with Crippen molar-refractivity contribution in [3.63, 3.8) is 0 Å². The lowest BCUT2D eigenvalue weighted by atomic mass is 10.2. The zero-order valence-corrected chi connectivity index (χ0v) is 18.6. The van der Waals surface area contributed by atoms with Crippen molar-refractivity contribution in [2.24, 2.45) is 5.10 Å². The van der Waals surface area contributed by atoms with Crippen molar-refractivity contribution in [1.29, 1.82) is 0 Å². The van der Waals surface area contributed by atoms with Gasteiger partial charge in [0.1, 0.15) is 12.4 Å². The average Bonchev–Trinajstić information content (AvgIpc) is 2.80. The molecular weight excluding hydrogens is 481 g/mol. The molecule has 0 saturated carbocycles. The Balaban J connectivity index is 1.55. The fourth-order valence-electron chi connectivity index (χ4n) is 2.56. The van der Waals surface area contributed by atoms with E-state index >= 15 is 0 Å². The number of methoxy groups -OCH3 is 1. The van der Waals surface area contributed by atoms with Crippen molar-refractivity contribution >= 4 is 39.6 Å². The van der Waals surface area contributed by atoms with Crippen LogP contribution < -0.4 is 20.2 Å². The summed E-state index contributed by atoms with van der Waals surface area (Å²) >= 11 is 3.39. The van der Waals surface area contributed by atoms with E-state index in [4.69, 9.17) is 9.47 Å². The number of halogens is 2. The summed E-state index contributed by atoms with van der Waals surface area (Å²) in [6.07, 6.45) is 1.37. The minimum Gasteiger partial charge on any atom is -0.493 e. The van der Waals surface area contributed by atoms with Crippen LogP contribution in [-0.4, -0.2) is 25.1 Å². The molecule has 0 bridgehead atoms. The van der Waals surface area contributed by atoms with Gasteiger partial charge in [-0.05, 0) is 65.7 Å². The van der Waals surface area contributed by atoms with Crippen molar-refractivity contribution in [2.75, 3.05) is 12.4 Å². The van der Waals surface area contributed by atoms with E-state index < -0.39 is 17.6 Å². The lowest BCUT2D eigenvalue weighted by molar-refractivity contribution is -0.136. The fraction of sp³-hybridized carbons (Fsp3) is 0.0870. The highest BCUT2D eigenvalue weighted by Gasteiger charge is 2.13. The molecule has 0 aliphatic heterocycles. The van der Waals surface area contributed by atoms with E-state index in [0.717, 1.165) is 10.0 Å². The SMILES string of the molecule is COc1cc(/C=N\NC(=O)C(=O)Nc2ccc(F)cc2)ccc1OCc1ccc(Br)cc1. The third-order valence-electron chi connectivity index (χ3n) is 4.18. The highest BCUT2D eigenvalue weighted by Crippen LogP contribution is 2.28. The minimum atomic E-state index is -0.966. The third-order valence-corrected chi connectivity index (χ3v) is 4.71. The van der Waals surface area contributed by atoms with Gasteiger partial charge in [-0.1, -0.05) is 28.1 Å². The van der Waals surface area contributed by atoms with Gasteiger partial charge in [0.15, 0.2) is 11.5 Å². The maximum atomic E-state index is 12.9. The van der Waals surface area contributed by atoms with Crippen molar-refractivity contribution in [1.82, 2.24) is 5.43 Å². The average molecular weight is 500 g/mol. The molecule has 3 aromatic carbocycles. The highest BCUT2D eigenvalue weighted by molar-refractivity contribution is 9.10. The van der Waals surface area contributed by atoms with Gasteiger partial charge in [-0.25, -0.2) is 9.82 Å². The standard InChI is InChI=1S/C23H19BrFN3O4/c1-31-21-12-16(4-11-20(21)32-14-15-2-5-17(24)6-3-15)13-26-28-23(30)22(29)27-19-9-7-18(25)8-10-19/h2-13H,14H2,1H3,(H,27,29)(H,28,30)/b26-13-. The van der Waals surface area contributed by atoms with Gasteiger partial charge in [-0.2, -0.15) is 5.10 Å². The second kappa shape index (κ2) is 11.1. The van der Waals surface area contributed by atoms with Crippen molar-refractivity contribution < 1.29 is 23.5 Å². The molecule has 32 heavy (non-hydrogen) atoms. The Labute approximate surface area is 192 Å². The summed E-state index contributed by atoms with van der Waals surface area (Å²) in [5.74, 6) is -1.30. The molecule has 0 aromatic heterocycles. The number of carbonyl (C=O) groups is 2. The van der Waals surface area contributed by atoms with E-state index in [1.807, 2.05) is 24.3 Å². The molecule has 0 fully saturated rings. The number of anilines is 1. The molecule has 2 amide bonds. The smallest absolute Gasteiger partial charge is 0.329 e. The summed E-state index contributed by atoms with van der Waals surface area (Å²) in [6.45, 7) is 0.371. The Morgan fingerprint density at radius 1 is 1.00 bits per heavy atom. The molecule has 3 rings (SSSR count). The van der Waals surface area contributed by atoms with Gasteiger partial charge in [0.25, 0.3) is 0 Å². The number of benzene rings is 3. The van der Waals surface area contributed by atoms with Crippen molar-refractivity contribution in [2.45, 2.75) is 6.61 Å². The maximum absolute atomic E-state index is 12.9. The predicted octanol–water partition coefficient (Wildman–Crippen LogP) is 4.26. The Hall–Kier alpha value is -3.72. The van der Waals surface area contributed by atoms with Crippen LogP contribution >= 0.6 is 15.9 Å². The number of ether oxygens (including phenoxy) is 2. The number of hydrazone groups is 1. The largest absolute Gasteiger partial charge is 0.493 e. The Morgan fingerprint density at radius 3 is 2.41 bits per heavy atom. The molecule has 7 nitrogen and oxygen atoms in total. The molecule has 0 radical (unpaired) electrons. The molecule has 2 N–H and O–H groups in total. The number of rotatable bonds is 7. The second-order valence-electron chi connectivity index (χ2n) is 6.49. The highest BCUT2D eigenvalue weighted by atomic mass is 79.9. The van der Waals surface area contributed by atoms with Crippen LogP contribution in [0.15, 0.2) is 76.3 Å². The van der Waals surface area contributed by atoms with Crippen LogP contribution in [0.5, 0.6) is 11.5 Å². The first-order valence-electron chi connectivity index (χ1n) is 9.40. The van der Waals surface area contributed by atoms with Crippen LogP contribution in [0.4, 0.5) is 10.1 Å². The minimum absolute atomic E-state index is 0.291. The Bertz CT molecular complexity index is 1120. The van der Waals surface area contributed by atoms with E-state index in [1.54, 1.807) is 18.2 Å². The van der Waals surface area contributed by atoms with Gasteiger partial charge >= 0.3 is 11.8 Å². The number of hydrogen-bond donors (Lipinski definition) is 2. The summed E-state index contributed by atoms with van der Waals surface area (Å²) in [4.78, 5) is 23.7. The Morgan fingerprint density at radius 2 is 1.72 bits per heavy atom. The topological polar surface area (TPSA) is 89.0 Å². The molecule has 0 spiro atoms. The fourth-order valence-corrected chi connectivity index (χ4v) is 2.83. The zero-order valence-electron chi connectivity index (χ0n) is 17.0. The van der Waals surface area contributed by atoms with Crippen LogP contribution in [0.1, 0.15) is 11.1 Å². The monoisotopic (exact) mass is 499 g/mol. The van der Waals surface area contributed by atoms with Gasteiger partial charge in [-0.15, -0.1) is 0 Å². The second-order valence-corrected chi connectivity index (χ2v) is 7.40. The molecule has 0 saturated heterocycles. The summed E-state index contributed by atoms with van der Waals surface area (Å²) in [7, 11) is 1.52. The number of carbonyl (C=O) groups excluding carboxylic acids is 2. The van der Waals surface area contributed by atoms with Crippen molar-refractivity contribution in [3.8, 4) is 11.5 Å². The van der Waals surface area contributed by atoms with Gasteiger partial charge in [0, 0.05) is 10.2 Å². The molecule has 0 atom stereocenters. The lowest BCUT2D eigenvalue weighted by Crippen LogP contribution is -2.32. The molecule has 0 unspecified atom stereocenters. The van der Waals surface area contributed by atoms with Crippen LogP contribution in [0.3, 0.4) is 0 Å². The van der Waals surface area contributed by atoms with Crippen LogP contribution in [0.2, 0.25) is 0 Å². The quantitative estimate of drug-likeness (QED) is 0.288. The molecule has 3 aromatic rings. The third kappa shape index (κ3) is 6.64. The summed E-state index contributed by atoms with van der Waals surface area (Å²) in [5, 5.41) is 6.12. The molecule has 0 heterocycles. The van der Waals surface area contributed by atoms with E-state index in [2.05, 4.69) is 31.8 Å². The molecular formula is C23H19BrFN3O4. The van der Waals surface area contributed by atoms with Crippen LogP contribution in [0, 0.1) is 5.82 Å². The number of amides is 2. The lowest BCUT2D eigenvalue weighted by Gasteiger charge is -2.11. The van der Waals surface area contributed by atoms with E-state index in [9.17, 15) is 14.0 Å². The first-order chi connectivity index (χ1) is 15.4. The predicted molar refractivity (Wildman–Crippen MR) is 122 cm³/mol. The molecule has 164 valence electrons. The molecule has 0 aliphatic carbocycles. The van der Waals surface area contributed by atoms with Crippen LogP contribution in [0.25, 0.3) is 0 Å². The number of nitrogens with zero attached hydrogens (tertiary/aromatic N) is 1. The summed E-state index contributed by atoms with van der Waals surface area (Å²) in [5.41, 5.74) is 4.05. The first-order valence-corrected chi connectivity index (χ1v) is 10.2. The zero-order chi connectivity index (χ0) is 22.9. The van der Waals surface area contributed by atoms with Gasteiger partial charge in [-0.3, -0.25) is 9.59 Å². The molecule has 9 heteroatoms. The molecule has 0 aliphatic rings. The van der Waals surface area contributed by atoms with Gasteiger partial charge in [0.05, 0.1) is 13.3 Å². The van der Waals surface area contributed by atoms with E-state index in [-0.39, 0.29) is 0 Å².